The Balaban J connectivity index is 2.60. The first-order valence-corrected chi connectivity index (χ1v) is 6.30. The summed E-state index contributed by atoms with van der Waals surface area (Å²) in [6.45, 7) is 7.68. The molecular weight excluding hydrogens is 184 g/mol. The van der Waals surface area contributed by atoms with Gasteiger partial charge in [0.15, 0.2) is 0 Å². The first-order valence-electron chi connectivity index (χ1n) is 6.30. The molecule has 0 radical (unpaired) electrons. The molecule has 0 amide bonds. The lowest BCUT2D eigenvalue weighted by Gasteiger charge is -2.38. The molecule has 2 atom stereocenters. The van der Waals surface area contributed by atoms with E-state index in [4.69, 9.17) is 0 Å². The Hall–Kier alpha value is -0.550. The van der Waals surface area contributed by atoms with Crippen molar-refractivity contribution in [2.45, 2.75) is 58.4 Å². The number of hydrogen-bond donors (Lipinski definition) is 1. The van der Waals surface area contributed by atoms with Gasteiger partial charge in [0, 0.05) is 0 Å². The van der Waals surface area contributed by atoms with Crippen LogP contribution < -0.4 is 5.32 Å². The molecule has 1 fully saturated rings. The van der Waals surface area contributed by atoms with Crippen molar-refractivity contribution in [2.24, 2.45) is 11.8 Å². The standard InChI is InChI=1S/C13H24N2/c1-4-8-15-13(10-14)7-5-6-12(9-13)11(2)3/h11-12,15H,4-9H2,1-3H3. The molecule has 86 valence electrons. The maximum Gasteiger partial charge on any atom is 0.107 e. The zero-order chi connectivity index (χ0) is 11.3. The molecule has 15 heavy (non-hydrogen) atoms. The molecule has 2 heteroatoms. The van der Waals surface area contributed by atoms with Gasteiger partial charge in [-0.25, -0.2) is 0 Å². The smallest absolute Gasteiger partial charge is 0.107 e. The van der Waals surface area contributed by atoms with Crippen LogP contribution in [0.2, 0.25) is 0 Å². The van der Waals surface area contributed by atoms with Gasteiger partial charge in [-0.3, -0.25) is 5.32 Å². The highest BCUT2D eigenvalue weighted by Crippen LogP contribution is 2.36. The van der Waals surface area contributed by atoms with Crippen LogP contribution in [0.15, 0.2) is 0 Å². The second-order valence-corrected chi connectivity index (χ2v) is 5.22. The summed E-state index contributed by atoms with van der Waals surface area (Å²) in [6, 6.07) is 2.53. The lowest BCUT2D eigenvalue weighted by molar-refractivity contribution is 0.189. The van der Waals surface area contributed by atoms with Gasteiger partial charge in [0.1, 0.15) is 5.54 Å². The van der Waals surface area contributed by atoms with E-state index in [9.17, 15) is 5.26 Å². The van der Waals surface area contributed by atoms with Crippen molar-refractivity contribution in [1.29, 1.82) is 5.26 Å². The molecule has 0 aromatic heterocycles. The number of hydrogen-bond acceptors (Lipinski definition) is 2. The number of nitriles is 1. The van der Waals surface area contributed by atoms with Crippen LogP contribution in [-0.2, 0) is 0 Å². The van der Waals surface area contributed by atoms with Gasteiger partial charge in [-0.2, -0.15) is 5.26 Å². The van der Waals surface area contributed by atoms with Crippen LogP contribution in [0.25, 0.3) is 0 Å². The second kappa shape index (κ2) is 5.51. The molecule has 1 rings (SSSR count). The average molecular weight is 208 g/mol. The van der Waals surface area contributed by atoms with Crippen molar-refractivity contribution in [3.05, 3.63) is 0 Å². The molecule has 1 N–H and O–H groups in total. The Kier molecular flexibility index (Phi) is 4.60. The van der Waals surface area contributed by atoms with Gasteiger partial charge in [0.05, 0.1) is 6.07 Å². The topological polar surface area (TPSA) is 35.8 Å². The van der Waals surface area contributed by atoms with E-state index in [-0.39, 0.29) is 5.54 Å². The monoisotopic (exact) mass is 208 g/mol. The van der Waals surface area contributed by atoms with Crippen LogP contribution in [0.4, 0.5) is 0 Å². The fourth-order valence-corrected chi connectivity index (χ4v) is 2.55. The van der Waals surface area contributed by atoms with Crippen LogP contribution in [0.5, 0.6) is 0 Å². The molecular formula is C13H24N2. The zero-order valence-corrected chi connectivity index (χ0v) is 10.3. The normalized spacial score (nSPS) is 31.5. The summed E-state index contributed by atoms with van der Waals surface area (Å²) in [5.41, 5.74) is -0.219. The zero-order valence-electron chi connectivity index (χ0n) is 10.3. The van der Waals surface area contributed by atoms with Gasteiger partial charge in [-0.1, -0.05) is 27.2 Å². The van der Waals surface area contributed by atoms with E-state index in [1.165, 1.54) is 12.8 Å². The minimum Gasteiger partial charge on any atom is -0.299 e. The Bertz CT molecular complexity index is 229. The molecule has 2 nitrogen and oxygen atoms in total. The lowest BCUT2D eigenvalue weighted by Crippen LogP contribution is -2.48. The second-order valence-electron chi connectivity index (χ2n) is 5.22. The molecule has 1 aliphatic carbocycles. The number of nitrogens with zero attached hydrogens (tertiary/aromatic N) is 1. The summed E-state index contributed by atoms with van der Waals surface area (Å²) < 4.78 is 0. The van der Waals surface area contributed by atoms with Gasteiger partial charge in [-0.15, -0.1) is 0 Å². The van der Waals surface area contributed by atoms with Crippen molar-refractivity contribution in [2.75, 3.05) is 6.54 Å². The third-order valence-corrected chi connectivity index (χ3v) is 3.66. The van der Waals surface area contributed by atoms with E-state index in [0.717, 1.165) is 31.7 Å². The van der Waals surface area contributed by atoms with Crippen LogP contribution >= 0.6 is 0 Å². The Morgan fingerprint density at radius 3 is 2.80 bits per heavy atom. The van der Waals surface area contributed by atoms with E-state index in [0.29, 0.717) is 5.92 Å². The Morgan fingerprint density at radius 1 is 1.53 bits per heavy atom. The summed E-state index contributed by atoms with van der Waals surface area (Å²) in [7, 11) is 0. The SMILES string of the molecule is CCCNC1(C#N)CCCC(C(C)C)C1. The van der Waals surface area contributed by atoms with Crippen LogP contribution in [0, 0.1) is 23.2 Å². The average Bonchev–Trinajstić information content (AvgIpc) is 2.26. The van der Waals surface area contributed by atoms with Crippen LogP contribution in [-0.4, -0.2) is 12.1 Å². The van der Waals surface area contributed by atoms with E-state index >= 15 is 0 Å². The summed E-state index contributed by atoms with van der Waals surface area (Å²) >= 11 is 0. The largest absolute Gasteiger partial charge is 0.299 e. The third kappa shape index (κ3) is 3.21. The van der Waals surface area contributed by atoms with E-state index in [2.05, 4.69) is 32.2 Å². The molecule has 0 bridgehead atoms. The van der Waals surface area contributed by atoms with Crippen molar-refractivity contribution in [1.82, 2.24) is 5.32 Å². The Morgan fingerprint density at radius 2 is 2.27 bits per heavy atom. The molecule has 1 aliphatic rings. The number of rotatable bonds is 4. The van der Waals surface area contributed by atoms with Crippen molar-refractivity contribution < 1.29 is 0 Å². The molecule has 2 unspecified atom stereocenters. The van der Waals surface area contributed by atoms with Gasteiger partial charge in [0.2, 0.25) is 0 Å². The fraction of sp³-hybridized carbons (Fsp3) is 0.923. The molecule has 0 aliphatic heterocycles. The predicted octanol–water partition coefficient (Wildman–Crippen LogP) is 3.09. The summed E-state index contributed by atoms with van der Waals surface area (Å²) in [4.78, 5) is 0. The predicted molar refractivity (Wildman–Crippen MR) is 63.4 cm³/mol. The van der Waals surface area contributed by atoms with Gasteiger partial charge in [-0.05, 0) is 44.1 Å². The summed E-state index contributed by atoms with van der Waals surface area (Å²) in [5.74, 6) is 1.43. The molecule has 0 spiro atoms. The molecule has 0 heterocycles. The van der Waals surface area contributed by atoms with E-state index in [1.54, 1.807) is 0 Å². The first-order chi connectivity index (χ1) is 7.13. The fourth-order valence-electron chi connectivity index (χ4n) is 2.55. The summed E-state index contributed by atoms with van der Waals surface area (Å²) in [6.07, 6.45) is 5.69. The van der Waals surface area contributed by atoms with Crippen molar-refractivity contribution >= 4 is 0 Å². The molecule has 1 saturated carbocycles. The minimum absolute atomic E-state index is 0.219. The maximum atomic E-state index is 9.36. The highest BCUT2D eigenvalue weighted by Gasteiger charge is 2.36. The van der Waals surface area contributed by atoms with Crippen molar-refractivity contribution in [3.63, 3.8) is 0 Å². The van der Waals surface area contributed by atoms with Gasteiger partial charge >= 0.3 is 0 Å². The minimum atomic E-state index is -0.219. The molecule has 0 aromatic rings. The van der Waals surface area contributed by atoms with Gasteiger partial charge in [0.25, 0.3) is 0 Å². The molecule has 0 saturated heterocycles. The lowest BCUT2D eigenvalue weighted by atomic mass is 9.72. The van der Waals surface area contributed by atoms with E-state index < -0.39 is 0 Å². The summed E-state index contributed by atoms with van der Waals surface area (Å²) in [5, 5.41) is 12.8. The molecule has 0 aromatic carbocycles. The van der Waals surface area contributed by atoms with Crippen LogP contribution in [0.1, 0.15) is 52.9 Å². The quantitative estimate of drug-likeness (QED) is 0.770. The maximum absolute atomic E-state index is 9.36. The van der Waals surface area contributed by atoms with E-state index in [1.807, 2.05) is 0 Å². The third-order valence-electron chi connectivity index (χ3n) is 3.66. The number of nitrogens with one attached hydrogen (secondary N) is 1. The highest BCUT2D eigenvalue weighted by molar-refractivity contribution is 5.09. The Labute approximate surface area is 94.1 Å². The highest BCUT2D eigenvalue weighted by atomic mass is 15.0. The van der Waals surface area contributed by atoms with Gasteiger partial charge < -0.3 is 0 Å². The first kappa shape index (κ1) is 12.5. The van der Waals surface area contributed by atoms with Crippen molar-refractivity contribution in [3.8, 4) is 6.07 Å². The van der Waals surface area contributed by atoms with Crippen LogP contribution in [0.3, 0.4) is 0 Å².